The van der Waals surface area contributed by atoms with Gasteiger partial charge >= 0.3 is 0 Å². The van der Waals surface area contributed by atoms with Crippen LogP contribution in [0.5, 0.6) is 0 Å². The van der Waals surface area contributed by atoms with Crippen molar-refractivity contribution in [3.8, 4) is 11.5 Å². The summed E-state index contributed by atoms with van der Waals surface area (Å²) in [6.45, 7) is 4.30. The summed E-state index contributed by atoms with van der Waals surface area (Å²) in [6.07, 6.45) is 0.883. The molecule has 0 saturated carbocycles. The number of hydrogen-bond acceptors (Lipinski definition) is 5. The van der Waals surface area contributed by atoms with E-state index in [1.54, 1.807) is 0 Å². The Kier molecular flexibility index (Phi) is 7.28. The molecule has 1 N–H and O–H groups in total. The van der Waals surface area contributed by atoms with Crippen LogP contribution in [0.25, 0.3) is 11.5 Å². The van der Waals surface area contributed by atoms with Gasteiger partial charge in [-0.1, -0.05) is 77.9 Å². The van der Waals surface area contributed by atoms with Crippen molar-refractivity contribution in [1.82, 2.24) is 15.5 Å². The van der Waals surface area contributed by atoms with Crippen molar-refractivity contribution >= 4 is 33.6 Å². The van der Waals surface area contributed by atoms with Crippen molar-refractivity contribution in [3.05, 3.63) is 64.6 Å². The van der Waals surface area contributed by atoms with Gasteiger partial charge in [-0.15, -0.1) is 10.2 Å². The van der Waals surface area contributed by atoms with Crippen LogP contribution in [0.4, 0.5) is 0 Å². The van der Waals surface area contributed by atoms with E-state index in [-0.39, 0.29) is 17.7 Å². The number of thioether (sulfide) groups is 1. The lowest BCUT2D eigenvalue weighted by atomic mass is 9.97. The molecule has 3 aromatic rings. The van der Waals surface area contributed by atoms with Gasteiger partial charge in [0.05, 0.1) is 11.8 Å². The SMILES string of the molecule is CC(C)CC(NC(=O)CSc1nnc(-c2cccc(Br)c2)o1)c1ccccc1. The molecule has 0 aliphatic heterocycles. The van der Waals surface area contributed by atoms with Gasteiger partial charge < -0.3 is 9.73 Å². The molecule has 0 bridgehead atoms. The number of nitrogens with one attached hydrogen (secondary N) is 1. The zero-order chi connectivity index (χ0) is 19.9. The van der Waals surface area contributed by atoms with Crippen LogP contribution in [0.3, 0.4) is 0 Å². The van der Waals surface area contributed by atoms with E-state index >= 15 is 0 Å². The Hall–Kier alpha value is -2.12. The number of nitrogens with zero attached hydrogens (tertiary/aromatic N) is 2. The average molecular weight is 460 g/mol. The predicted octanol–water partition coefficient (Wildman–Crippen LogP) is 5.49. The van der Waals surface area contributed by atoms with Gasteiger partial charge in [0.2, 0.25) is 11.8 Å². The van der Waals surface area contributed by atoms with Crippen LogP contribution in [0.15, 0.2) is 68.7 Å². The summed E-state index contributed by atoms with van der Waals surface area (Å²) in [5.41, 5.74) is 1.95. The lowest BCUT2D eigenvalue weighted by molar-refractivity contribution is -0.119. The molecule has 7 heteroatoms. The van der Waals surface area contributed by atoms with Crippen LogP contribution in [0.2, 0.25) is 0 Å². The molecule has 1 heterocycles. The van der Waals surface area contributed by atoms with Crippen molar-refractivity contribution < 1.29 is 9.21 Å². The standard InChI is InChI=1S/C21H22BrN3O2S/c1-14(2)11-18(15-7-4-3-5-8-15)23-19(26)13-28-21-25-24-20(27-21)16-9-6-10-17(22)12-16/h3-10,12,14,18H,11,13H2,1-2H3,(H,23,26). The Morgan fingerprint density at radius 3 is 2.64 bits per heavy atom. The second-order valence-electron chi connectivity index (χ2n) is 6.83. The molecule has 0 fully saturated rings. The van der Waals surface area contributed by atoms with Gasteiger partial charge in [-0.2, -0.15) is 0 Å². The third kappa shape index (κ3) is 5.94. The maximum atomic E-state index is 12.5. The van der Waals surface area contributed by atoms with Gasteiger partial charge in [-0.05, 0) is 36.1 Å². The van der Waals surface area contributed by atoms with Crippen molar-refractivity contribution in [1.29, 1.82) is 0 Å². The van der Waals surface area contributed by atoms with Crippen molar-refractivity contribution in [3.63, 3.8) is 0 Å². The fourth-order valence-electron chi connectivity index (χ4n) is 2.80. The number of amides is 1. The first-order valence-corrected chi connectivity index (χ1v) is 10.9. The van der Waals surface area contributed by atoms with Gasteiger partial charge in [0.1, 0.15) is 0 Å². The molecule has 0 aliphatic rings. The second-order valence-corrected chi connectivity index (χ2v) is 8.67. The zero-order valence-electron chi connectivity index (χ0n) is 15.8. The number of halogens is 1. The Morgan fingerprint density at radius 2 is 1.93 bits per heavy atom. The minimum atomic E-state index is -0.0540. The highest BCUT2D eigenvalue weighted by Gasteiger charge is 2.17. The highest BCUT2D eigenvalue weighted by molar-refractivity contribution is 9.10. The zero-order valence-corrected chi connectivity index (χ0v) is 18.2. The summed E-state index contributed by atoms with van der Waals surface area (Å²) in [5.74, 6) is 1.08. The molecule has 0 spiro atoms. The summed E-state index contributed by atoms with van der Waals surface area (Å²) in [7, 11) is 0. The van der Waals surface area contributed by atoms with Gasteiger partial charge in [0.15, 0.2) is 0 Å². The topological polar surface area (TPSA) is 68.0 Å². The molecule has 2 aromatic carbocycles. The summed E-state index contributed by atoms with van der Waals surface area (Å²) in [4.78, 5) is 12.5. The predicted molar refractivity (Wildman–Crippen MR) is 115 cm³/mol. The Bertz CT molecular complexity index is 915. The second kappa shape index (κ2) is 9.89. The quantitative estimate of drug-likeness (QED) is 0.450. The number of rotatable bonds is 8. The minimum Gasteiger partial charge on any atom is -0.411 e. The molecule has 0 aliphatic carbocycles. The Morgan fingerprint density at radius 1 is 1.14 bits per heavy atom. The first kappa shape index (κ1) is 20.6. The average Bonchev–Trinajstić information content (AvgIpc) is 3.15. The van der Waals surface area contributed by atoms with Gasteiger partial charge in [0.25, 0.3) is 5.22 Å². The van der Waals surface area contributed by atoms with E-state index in [4.69, 9.17) is 4.42 Å². The van der Waals surface area contributed by atoms with Gasteiger partial charge in [-0.25, -0.2) is 0 Å². The molecule has 1 atom stereocenters. The lowest BCUT2D eigenvalue weighted by Crippen LogP contribution is -2.30. The first-order valence-electron chi connectivity index (χ1n) is 9.08. The lowest BCUT2D eigenvalue weighted by Gasteiger charge is -2.21. The van der Waals surface area contributed by atoms with E-state index < -0.39 is 0 Å². The van der Waals surface area contributed by atoms with Crippen LogP contribution in [-0.4, -0.2) is 21.9 Å². The van der Waals surface area contributed by atoms with Gasteiger partial charge in [-0.3, -0.25) is 4.79 Å². The van der Waals surface area contributed by atoms with Crippen LogP contribution in [0.1, 0.15) is 31.9 Å². The third-order valence-corrected chi connectivity index (χ3v) is 5.36. The molecule has 0 radical (unpaired) electrons. The molecule has 146 valence electrons. The number of aromatic nitrogens is 2. The monoisotopic (exact) mass is 459 g/mol. The number of carbonyl (C=O) groups is 1. The molecule has 1 unspecified atom stereocenters. The van der Waals surface area contributed by atoms with Gasteiger partial charge in [0, 0.05) is 10.0 Å². The molecule has 5 nitrogen and oxygen atoms in total. The number of carbonyl (C=O) groups excluding carboxylic acids is 1. The third-order valence-electron chi connectivity index (χ3n) is 4.05. The van der Waals surface area contributed by atoms with E-state index in [0.29, 0.717) is 17.0 Å². The minimum absolute atomic E-state index is 0.00536. The number of benzene rings is 2. The highest BCUT2D eigenvalue weighted by Crippen LogP contribution is 2.26. The smallest absolute Gasteiger partial charge is 0.277 e. The summed E-state index contributed by atoms with van der Waals surface area (Å²) >= 11 is 4.67. The van der Waals surface area contributed by atoms with Crippen molar-refractivity contribution in [2.24, 2.45) is 5.92 Å². The van der Waals surface area contributed by atoms with Crippen LogP contribution in [0, 0.1) is 5.92 Å². The van der Waals surface area contributed by atoms with E-state index in [1.807, 2.05) is 54.6 Å². The highest BCUT2D eigenvalue weighted by atomic mass is 79.9. The molecule has 3 rings (SSSR count). The molecule has 28 heavy (non-hydrogen) atoms. The fourth-order valence-corrected chi connectivity index (χ4v) is 3.78. The van der Waals surface area contributed by atoms with Crippen molar-refractivity contribution in [2.45, 2.75) is 31.5 Å². The maximum Gasteiger partial charge on any atom is 0.277 e. The van der Waals surface area contributed by atoms with Crippen LogP contribution >= 0.6 is 27.7 Å². The summed E-state index contributed by atoms with van der Waals surface area (Å²) < 4.78 is 6.61. The maximum absolute atomic E-state index is 12.5. The molecular formula is C21H22BrN3O2S. The summed E-state index contributed by atoms with van der Waals surface area (Å²) in [6, 6.07) is 17.7. The van der Waals surface area contributed by atoms with E-state index in [1.165, 1.54) is 11.8 Å². The Labute approximate surface area is 177 Å². The van der Waals surface area contributed by atoms with Crippen LogP contribution < -0.4 is 5.32 Å². The molecule has 0 saturated heterocycles. The van der Waals surface area contributed by atoms with Crippen LogP contribution in [-0.2, 0) is 4.79 Å². The number of hydrogen-bond donors (Lipinski definition) is 1. The largest absolute Gasteiger partial charge is 0.411 e. The van der Waals surface area contributed by atoms with E-state index in [0.717, 1.165) is 22.0 Å². The molecule has 1 aromatic heterocycles. The molecular weight excluding hydrogens is 438 g/mol. The first-order chi connectivity index (χ1) is 13.5. The Balaban J connectivity index is 1.59. The molecule has 1 amide bonds. The summed E-state index contributed by atoms with van der Waals surface area (Å²) in [5, 5.41) is 11.6. The normalized spacial score (nSPS) is 12.1. The fraction of sp³-hybridized carbons (Fsp3) is 0.286. The van der Waals surface area contributed by atoms with E-state index in [2.05, 4.69) is 45.3 Å². The van der Waals surface area contributed by atoms with E-state index in [9.17, 15) is 4.79 Å². The van der Waals surface area contributed by atoms with Crippen molar-refractivity contribution in [2.75, 3.05) is 5.75 Å².